The molecular formula is C16H15F3N6O2. The van der Waals surface area contributed by atoms with Crippen LogP contribution in [0.5, 0.6) is 11.9 Å². The van der Waals surface area contributed by atoms with Gasteiger partial charge >= 0.3 is 6.01 Å². The van der Waals surface area contributed by atoms with E-state index in [2.05, 4.69) is 20.1 Å². The van der Waals surface area contributed by atoms with Crippen LogP contribution in [-0.4, -0.2) is 64.2 Å². The SMILES string of the molecule is COc1ncc(-c2cc(N3C[C@@H](F)[C@@H](F)C3)c3ncc(F)n3n2)c(OC)n1. The van der Waals surface area contributed by atoms with E-state index in [0.29, 0.717) is 11.3 Å². The zero-order chi connectivity index (χ0) is 19.1. The maximum absolute atomic E-state index is 14.2. The van der Waals surface area contributed by atoms with E-state index in [1.54, 1.807) is 6.07 Å². The Bertz CT molecular complexity index is 988. The highest BCUT2D eigenvalue weighted by atomic mass is 19.2. The average molecular weight is 380 g/mol. The van der Waals surface area contributed by atoms with Crippen LogP contribution in [0, 0.1) is 5.95 Å². The zero-order valence-corrected chi connectivity index (χ0v) is 14.4. The summed E-state index contributed by atoms with van der Waals surface area (Å²) in [5.74, 6) is -0.553. The Morgan fingerprint density at radius 1 is 1.07 bits per heavy atom. The molecule has 1 fully saturated rings. The van der Waals surface area contributed by atoms with E-state index in [0.717, 1.165) is 10.7 Å². The fourth-order valence-corrected chi connectivity index (χ4v) is 2.99. The predicted octanol–water partition coefficient (Wildman–Crippen LogP) is 1.84. The number of alkyl halides is 2. The Morgan fingerprint density at radius 3 is 2.48 bits per heavy atom. The van der Waals surface area contributed by atoms with E-state index in [1.165, 1.54) is 25.3 Å². The summed E-state index contributed by atoms with van der Waals surface area (Å²) >= 11 is 0. The van der Waals surface area contributed by atoms with Gasteiger partial charge in [0.2, 0.25) is 11.8 Å². The van der Waals surface area contributed by atoms with Gasteiger partial charge in [-0.3, -0.25) is 0 Å². The highest BCUT2D eigenvalue weighted by Crippen LogP contribution is 2.33. The van der Waals surface area contributed by atoms with Gasteiger partial charge in [-0.05, 0) is 6.07 Å². The number of nitrogens with zero attached hydrogens (tertiary/aromatic N) is 6. The molecule has 0 radical (unpaired) electrons. The van der Waals surface area contributed by atoms with Crippen molar-refractivity contribution in [2.45, 2.75) is 12.3 Å². The predicted molar refractivity (Wildman–Crippen MR) is 89.1 cm³/mol. The van der Waals surface area contributed by atoms with Gasteiger partial charge in [-0.2, -0.15) is 19.0 Å². The van der Waals surface area contributed by atoms with Gasteiger partial charge in [0.05, 0.1) is 44.8 Å². The molecule has 1 aliphatic rings. The van der Waals surface area contributed by atoms with E-state index in [4.69, 9.17) is 9.47 Å². The van der Waals surface area contributed by atoms with Crippen LogP contribution in [0.3, 0.4) is 0 Å². The number of halogens is 3. The van der Waals surface area contributed by atoms with Gasteiger partial charge in [-0.15, -0.1) is 0 Å². The minimum Gasteiger partial charge on any atom is -0.480 e. The molecule has 1 saturated heterocycles. The molecular weight excluding hydrogens is 365 g/mol. The molecule has 1 aliphatic heterocycles. The van der Waals surface area contributed by atoms with Gasteiger partial charge in [0, 0.05) is 6.20 Å². The van der Waals surface area contributed by atoms with Crippen LogP contribution in [-0.2, 0) is 0 Å². The monoisotopic (exact) mass is 380 g/mol. The van der Waals surface area contributed by atoms with Crippen LogP contribution in [0.1, 0.15) is 0 Å². The van der Waals surface area contributed by atoms with Crippen molar-refractivity contribution >= 4 is 11.3 Å². The maximum Gasteiger partial charge on any atom is 0.319 e. The van der Waals surface area contributed by atoms with Gasteiger partial charge in [-0.1, -0.05) is 0 Å². The molecule has 3 aromatic rings. The molecule has 3 aromatic heterocycles. The first-order valence-corrected chi connectivity index (χ1v) is 8.04. The average Bonchev–Trinajstić information content (AvgIpc) is 3.22. The quantitative estimate of drug-likeness (QED) is 0.683. The van der Waals surface area contributed by atoms with E-state index >= 15 is 0 Å². The molecule has 142 valence electrons. The Morgan fingerprint density at radius 2 is 1.81 bits per heavy atom. The first-order chi connectivity index (χ1) is 13.0. The minimum absolute atomic E-state index is 0.0887. The molecule has 0 saturated carbocycles. The summed E-state index contributed by atoms with van der Waals surface area (Å²) in [6.45, 7) is -0.323. The Kier molecular flexibility index (Phi) is 4.21. The number of methoxy groups -OCH3 is 2. The molecule has 27 heavy (non-hydrogen) atoms. The largest absolute Gasteiger partial charge is 0.480 e. The number of rotatable bonds is 4. The van der Waals surface area contributed by atoms with E-state index in [-0.39, 0.29) is 36.3 Å². The van der Waals surface area contributed by atoms with Crippen LogP contribution < -0.4 is 14.4 Å². The fraction of sp³-hybridized carbons (Fsp3) is 0.375. The second-order valence-electron chi connectivity index (χ2n) is 5.95. The van der Waals surface area contributed by atoms with Gasteiger partial charge < -0.3 is 14.4 Å². The highest BCUT2D eigenvalue weighted by Gasteiger charge is 2.34. The number of hydrogen-bond donors (Lipinski definition) is 0. The number of fused-ring (bicyclic) bond motifs is 1. The third-order valence-electron chi connectivity index (χ3n) is 4.31. The Hall–Kier alpha value is -3.11. The molecule has 11 heteroatoms. The fourth-order valence-electron chi connectivity index (χ4n) is 2.99. The maximum atomic E-state index is 14.2. The second kappa shape index (κ2) is 6.56. The molecule has 0 N–H and O–H groups in total. The van der Waals surface area contributed by atoms with Crippen molar-refractivity contribution in [2.24, 2.45) is 0 Å². The standard InChI is InChI=1S/C16H15F3N6O2/c1-26-15-8(4-21-16(22-15)27-2)11-3-12(24-6-9(17)10(18)7-24)14-20-5-13(19)25(14)23-11/h3-5,9-10H,6-7H2,1-2H3/t9-,10+. The summed E-state index contributed by atoms with van der Waals surface area (Å²) < 4.78 is 52.7. The minimum atomic E-state index is -1.62. The van der Waals surface area contributed by atoms with E-state index < -0.39 is 18.3 Å². The van der Waals surface area contributed by atoms with Crippen molar-refractivity contribution in [2.75, 3.05) is 32.2 Å². The third-order valence-corrected chi connectivity index (χ3v) is 4.31. The lowest BCUT2D eigenvalue weighted by atomic mass is 10.2. The summed E-state index contributed by atoms with van der Waals surface area (Å²) in [5.41, 5.74) is 1.13. The van der Waals surface area contributed by atoms with Crippen molar-refractivity contribution in [3.05, 3.63) is 24.4 Å². The first kappa shape index (κ1) is 17.3. The van der Waals surface area contributed by atoms with Crippen LogP contribution in [0.2, 0.25) is 0 Å². The number of aromatic nitrogens is 5. The van der Waals surface area contributed by atoms with Gasteiger partial charge in [0.15, 0.2) is 18.0 Å². The molecule has 0 aromatic carbocycles. The second-order valence-corrected chi connectivity index (χ2v) is 5.95. The van der Waals surface area contributed by atoms with Crippen molar-refractivity contribution in [1.29, 1.82) is 0 Å². The van der Waals surface area contributed by atoms with Crippen molar-refractivity contribution in [3.63, 3.8) is 0 Å². The molecule has 2 atom stereocenters. The van der Waals surface area contributed by atoms with Crippen molar-refractivity contribution < 1.29 is 22.6 Å². The lowest BCUT2D eigenvalue weighted by molar-refractivity contribution is 0.217. The van der Waals surface area contributed by atoms with Gasteiger partial charge in [-0.25, -0.2) is 18.7 Å². The normalized spacial score (nSPS) is 19.7. The lowest BCUT2D eigenvalue weighted by Crippen LogP contribution is -2.22. The number of ether oxygens (including phenoxy) is 2. The number of anilines is 1. The molecule has 0 bridgehead atoms. The summed E-state index contributed by atoms with van der Waals surface area (Å²) in [7, 11) is 2.82. The smallest absolute Gasteiger partial charge is 0.319 e. The van der Waals surface area contributed by atoms with Gasteiger partial charge in [0.25, 0.3) is 0 Å². The van der Waals surface area contributed by atoms with E-state index in [1.807, 2.05) is 0 Å². The van der Waals surface area contributed by atoms with E-state index in [9.17, 15) is 13.2 Å². The summed E-state index contributed by atoms with van der Waals surface area (Å²) in [5, 5.41) is 4.20. The van der Waals surface area contributed by atoms with Gasteiger partial charge in [0.1, 0.15) is 5.69 Å². The molecule has 8 nitrogen and oxygen atoms in total. The number of imidazole rings is 1. The van der Waals surface area contributed by atoms with Crippen LogP contribution >= 0.6 is 0 Å². The van der Waals surface area contributed by atoms with Crippen LogP contribution in [0.25, 0.3) is 16.9 Å². The molecule has 4 rings (SSSR count). The van der Waals surface area contributed by atoms with Crippen molar-refractivity contribution in [1.82, 2.24) is 24.6 Å². The molecule has 0 amide bonds. The summed E-state index contributed by atoms with van der Waals surface area (Å²) in [6, 6.07) is 1.64. The lowest BCUT2D eigenvalue weighted by Gasteiger charge is -2.19. The van der Waals surface area contributed by atoms with Crippen LogP contribution in [0.15, 0.2) is 18.5 Å². The molecule has 0 spiro atoms. The molecule has 0 aliphatic carbocycles. The molecule has 4 heterocycles. The Balaban J connectivity index is 1.89. The summed E-state index contributed by atoms with van der Waals surface area (Å²) in [4.78, 5) is 13.5. The number of hydrogen-bond acceptors (Lipinski definition) is 7. The zero-order valence-electron chi connectivity index (χ0n) is 14.4. The first-order valence-electron chi connectivity index (χ1n) is 8.04. The Labute approximate surface area is 151 Å². The molecule has 0 unspecified atom stereocenters. The van der Waals surface area contributed by atoms with Crippen LogP contribution in [0.4, 0.5) is 18.9 Å². The highest BCUT2D eigenvalue weighted by molar-refractivity contribution is 5.76. The third kappa shape index (κ3) is 2.88. The van der Waals surface area contributed by atoms with Crippen molar-refractivity contribution in [3.8, 4) is 23.1 Å². The summed E-state index contributed by atoms with van der Waals surface area (Å²) in [6.07, 6.45) is -0.842. The topological polar surface area (TPSA) is 77.7 Å².